The van der Waals surface area contributed by atoms with Crippen LogP contribution in [0, 0.1) is 5.82 Å². The Morgan fingerprint density at radius 1 is 1.37 bits per heavy atom. The molecular formula is C20H21F2N7O. The number of anilines is 2. The first-order chi connectivity index (χ1) is 14.4. The van der Waals surface area contributed by atoms with Gasteiger partial charge in [-0.15, -0.1) is 5.10 Å². The number of nitrogen functional groups attached to an aromatic ring is 1. The van der Waals surface area contributed by atoms with Gasteiger partial charge >= 0.3 is 0 Å². The molecule has 5 rings (SSSR count). The molecule has 3 aromatic rings. The van der Waals surface area contributed by atoms with E-state index in [9.17, 15) is 13.6 Å². The molecule has 156 valence electrons. The fraction of sp³-hybridized carbons (Fsp3) is 0.400. The molecular weight excluding hydrogens is 392 g/mol. The Labute approximate surface area is 171 Å². The summed E-state index contributed by atoms with van der Waals surface area (Å²) < 4.78 is 30.1. The van der Waals surface area contributed by atoms with E-state index in [4.69, 9.17) is 5.73 Å². The minimum atomic E-state index is -1.09. The second-order valence-electron chi connectivity index (χ2n) is 7.92. The first kappa shape index (κ1) is 18.7. The zero-order valence-electron chi connectivity index (χ0n) is 16.3. The van der Waals surface area contributed by atoms with Crippen molar-refractivity contribution in [3.63, 3.8) is 0 Å². The van der Waals surface area contributed by atoms with Gasteiger partial charge in [-0.3, -0.25) is 9.78 Å². The molecule has 10 heteroatoms. The third kappa shape index (κ3) is 3.03. The number of carbonyl (C=O) groups excluding carboxylic acids is 1. The SMILES string of the molecule is C[C@H]1CCc2ncc(F)cc2[C@H]2C[C@H](F)CN2c2ccn3nc(N)c(c3n2)C(=O)N1. The van der Waals surface area contributed by atoms with Crippen molar-refractivity contribution in [2.45, 2.75) is 44.4 Å². The van der Waals surface area contributed by atoms with Crippen LogP contribution < -0.4 is 16.0 Å². The topological polar surface area (TPSA) is 101 Å². The summed E-state index contributed by atoms with van der Waals surface area (Å²) in [6.07, 6.45) is 3.04. The Balaban J connectivity index is 1.72. The molecule has 1 amide bonds. The Bertz CT molecular complexity index is 1150. The summed E-state index contributed by atoms with van der Waals surface area (Å²) in [4.78, 5) is 23.6. The lowest BCUT2D eigenvalue weighted by Crippen LogP contribution is -2.33. The summed E-state index contributed by atoms with van der Waals surface area (Å²) in [7, 11) is 0. The number of fused-ring (bicyclic) bond motifs is 5. The van der Waals surface area contributed by atoms with E-state index in [1.54, 1.807) is 17.2 Å². The quantitative estimate of drug-likeness (QED) is 0.586. The highest BCUT2D eigenvalue weighted by atomic mass is 19.1. The lowest BCUT2D eigenvalue weighted by Gasteiger charge is -2.27. The number of hydrogen-bond donors (Lipinski definition) is 2. The van der Waals surface area contributed by atoms with E-state index in [1.807, 2.05) is 6.92 Å². The monoisotopic (exact) mass is 413 g/mol. The largest absolute Gasteiger partial charge is 0.381 e. The van der Waals surface area contributed by atoms with Crippen LogP contribution in [0.25, 0.3) is 5.65 Å². The first-order valence-corrected chi connectivity index (χ1v) is 9.91. The molecule has 0 spiro atoms. The maximum Gasteiger partial charge on any atom is 0.259 e. The molecule has 3 aromatic heterocycles. The molecule has 0 radical (unpaired) electrons. The van der Waals surface area contributed by atoms with Crippen LogP contribution in [0.15, 0.2) is 24.5 Å². The van der Waals surface area contributed by atoms with Gasteiger partial charge in [-0.25, -0.2) is 18.3 Å². The first-order valence-electron chi connectivity index (χ1n) is 9.91. The van der Waals surface area contributed by atoms with Crippen molar-refractivity contribution in [3.8, 4) is 0 Å². The molecule has 3 atom stereocenters. The second-order valence-corrected chi connectivity index (χ2v) is 7.92. The average molecular weight is 413 g/mol. The van der Waals surface area contributed by atoms with E-state index in [0.29, 0.717) is 35.6 Å². The van der Waals surface area contributed by atoms with Crippen LogP contribution in [0.4, 0.5) is 20.4 Å². The molecule has 1 fully saturated rings. The summed E-state index contributed by atoms with van der Waals surface area (Å²) in [5, 5.41) is 7.10. The summed E-state index contributed by atoms with van der Waals surface area (Å²) in [6, 6.07) is 2.53. The molecule has 1 saturated heterocycles. The highest BCUT2D eigenvalue weighted by molar-refractivity contribution is 6.04. The smallest absolute Gasteiger partial charge is 0.259 e. The molecule has 8 nitrogen and oxygen atoms in total. The molecule has 30 heavy (non-hydrogen) atoms. The summed E-state index contributed by atoms with van der Waals surface area (Å²) in [6.45, 7) is 1.99. The number of amides is 1. The molecule has 0 aliphatic carbocycles. The number of aryl methyl sites for hydroxylation is 1. The fourth-order valence-corrected chi connectivity index (χ4v) is 4.35. The minimum absolute atomic E-state index is 0.0765. The molecule has 5 heterocycles. The lowest BCUT2D eigenvalue weighted by molar-refractivity contribution is 0.0940. The minimum Gasteiger partial charge on any atom is -0.381 e. The van der Waals surface area contributed by atoms with Crippen molar-refractivity contribution in [2.75, 3.05) is 17.2 Å². The summed E-state index contributed by atoms with van der Waals surface area (Å²) >= 11 is 0. The summed E-state index contributed by atoms with van der Waals surface area (Å²) in [5.41, 5.74) is 7.84. The van der Waals surface area contributed by atoms with E-state index < -0.39 is 18.0 Å². The van der Waals surface area contributed by atoms with Crippen LogP contribution in [0.3, 0.4) is 0 Å². The maximum absolute atomic E-state index is 14.5. The normalized spacial score (nSPS) is 24.0. The zero-order chi connectivity index (χ0) is 21.0. The Morgan fingerprint density at radius 3 is 3.03 bits per heavy atom. The molecule has 0 aromatic carbocycles. The predicted octanol–water partition coefficient (Wildman–Crippen LogP) is 2.20. The number of rotatable bonds is 0. The van der Waals surface area contributed by atoms with Gasteiger partial charge in [0.15, 0.2) is 11.5 Å². The maximum atomic E-state index is 14.5. The predicted molar refractivity (Wildman–Crippen MR) is 106 cm³/mol. The molecule has 2 aliphatic heterocycles. The van der Waals surface area contributed by atoms with Crippen molar-refractivity contribution in [1.82, 2.24) is 24.9 Å². The highest BCUT2D eigenvalue weighted by Gasteiger charge is 2.36. The van der Waals surface area contributed by atoms with Crippen molar-refractivity contribution in [2.24, 2.45) is 0 Å². The van der Waals surface area contributed by atoms with Crippen molar-refractivity contribution in [3.05, 3.63) is 47.2 Å². The lowest BCUT2D eigenvalue weighted by atomic mass is 9.98. The van der Waals surface area contributed by atoms with Gasteiger partial charge in [-0.2, -0.15) is 0 Å². The molecule has 0 saturated carbocycles. The van der Waals surface area contributed by atoms with Gasteiger partial charge < -0.3 is 16.0 Å². The van der Waals surface area contributed by atoms with Gasteiger partial charge in [-0.05, 0) is 37.5 Å². The number of hydrogen-bond acceptors (Lipinski definition) is 6. The van der Waals surface area contributed by atoms with Crippen LogP contribution in [0.2, 0.25) is 0 Å². The van der Waals surface area contributed by atoms with Crippen molar-refractivity contribution >= 4 is 23.2 Å². The van der Waals surface area contributed by atoms with Crippen LogP contribution in [0.5, 0.6) is 0 Å². The average Bonchev–Trinajstić information content (AvgIpc) is 3.24. The number of alkyl halides is 1. The molecule has 2 bridgehead atoms. The number of nitrogens with one attached hydrogen (secondary N) is 1. The number of nitrogens with zero attached hydrogens (tertiary/aromatic N) is 5. The summed E-state index contributed by atoms with van der Waals surface area (Å²) in [5.74, 6) is -0.278. The van der Waals surface area contributed by atoms with Crippen LogP contribution in [-0.4, -0.2) is 44.2 Å². The number of aromatic nitrogens is 4. The Hall–Kier alpha value is -3.30. The third-order valence-electron chi connectivity index (χ3n) is 5.79. The third-order valence-corrected chi connectivity index (χ3v) is 5.79. The molecule has 0 unspecified atom stereocenters. The molecule has 2 aliphatic rings. The highest BCUT2D eigenvalue weighted by Crippen LogP contribution is 2.38. The fourth-order valence-electron chi connectivity index (χ4n) is 4.35. The van der Waals surface area contributed by atoms with E-state index in [2.05, 4.69) is 20.4 Å². The van der Waals surface area contributed by atoms with E-state index >= 15 is 0 Å². The Morgan fingerprint density at radius 2 is 2.20 bits per heavy atom. The van der Waals surface area contributed by atoms with Gasteiger partial charge in [0.05, 0.1) is 18.8 Å². The second kappa shape index (κ2) is 6.89. The van der Waals surface area contributed by atoms with E-state index in [-0.39, 0.29) is 36.3 Å². The van der Waals surface area contributed by atoms with Crippen LogP contribution in [-0.2, 0) is 6.42 Å². The molecule has 3 N–H and O–H groups in total. The van der Waals surface area contributed by atoms with E-state index in [0.717, 1.165) is 0 Å². The van der Waals surface area contributed by atoms with Gasteiger partial charge in [0, 0.05) is 24.4 Å². The number of carbonyl (C=O) groups is 1. The van der Waals surface area contributed by atoms with Crippen LogP contribution >= 0.6 is 0 Å². The van der Waals surface area contributed by atoms with Gasteiger partial charge in [0.1, 0.15) is 23.4 Å². The van der Waals surface area contributed by atoms with Gasteiger partial charge in [-0.1, -0.05) is 0 Å². The Kier molecular flexibility index (Phi) is 4.30. The number of pyridine rings is 1. The number of halogens is 2. The van der Waals surface area contributed by atoms with Crippen molar-refractivity contribution < 1.29 is 13.6 Å². The van der Waals surface area contributed by atoms with Crippen LogP contribution in [0.1, 0.15) is 47.4 Å². The van der Waals surface area contributed by atoms with Crippen molar-refractivity contribution in [1.29, 1.82) is 0 Å². The van der Waals surface area contributed by atoms with Gasteiger partial charge in [0.25, 0.3) is 5.91 Å². The van der Waals surface area contributed by atoms with Gasteiger partial charge in [0.2, 0.25) is 0 Å². The standard InChI is InChI=1S/C20H21F2N7O/c1-10-2-3-14-13(6-11(21)8-24-14)15-7-12(22)9-28(15)16-4-5-29-19(26-16)17(18(23)27-29)20(30)25-10/h4-6,8,10,12,15H,2-3,7,9H2,1H3,(H2,23,27)(H,25,30)/t10-,12-,15+/m0/s1. The zero-order valence-corrected chi connectivity index (χ0v) is 16.3. The van der Waals surface area contributed by atoms with E-state index in [1.165, 1.54) is 16.8 Å². The number of nitrogens with two attached hydrogens (primary N) is 1.